The highest BCUT2D eigenvalue weighted by Crippen LogP contribution is 2.55. The van der Waals surface area contributed by atoms with Crippen LogP contribution >= 0.6 is 0 Å². The predicted octanol–water partition coefficient (Wildman–Crippen LogP) is 10.4. The smallest absolute Gasteiger partial charge is 0.408 e. The van der Waals surface area contributed by atoms with Gasteiger partial charge in [0.05, 0.1) is 73.0 Å². The van der Waals surface area contributed by atoms with Crippen molar-refractivity contribution in [2.45, 2.75) is 123 Å². The van der Waals surface area contributed by atoms with E-state index in [1.165, 1.54) is 20.1 Å². The molecule has 0 aliphatic carbocycles. The van der Waals surface area contributed by atoms with Crippen molar-refractivity contribution in [1.82, 2.24) is 10.2 Å². The third kappa shape index (κ3) is 9.57. The Kier molecular flexibility index (Phi) is 14.6. The van der Waals surface area contributed by atoms with Gasteiger partial charge in [-0.3, -0.25) is 9.59 Å². The Morgan fingerprint density at radius 2 is 1.49 bits per heavy atom. The van der Waals surface area contributed by atoms with Crippen LogP contribution in [0.5, 0.6) is 17.2 Å². The summed E-state index contributed by atoms with van der Waals surface area (Å²) in [5.74, 6) is 0.275. The molecule has 2 aliphatic rings. The van der Waals surface area contributed by atoms with Crippen LogP contribution in [0.1, 0.15) is 100 Å². The van der Waals surface area contributed by atoms with E-state index in [4.69, 9.17) is 37.6 Å². The fourth-order valence-corrected chi connectivity index (χ4v) is 10.5. The Morgan fingerprint density at radius 1 is 0.843 bits per heavy atom. The molecule has 2 aliphatic heterocycles. The van der Waals surface area contributed by atoms with Crippen LogP contribution in [0.3, 0.4) is 0 Å². The molecule has 70 heavy (non-hydrogen) atoms. The second kappa shape index (κ2) is 20.5. The van der Waals surface area contributed by atoms with Gasteiger partial charge in [-0.15, -0.1) is 0 Å². The molecule has 0 saturated carbocycles. The number of alkyl carbamates (subject to hydrolysis) is 1. The van der Waals surface area contributed by atoms with Gasteiger partial charge in [0.15, 0.2) is 17.1 Å². The average molecular weight is 957 g/mol. The molecule has 0 spiro atoms. The molecule has 0 bridgehead atoms. The number of phenolic OH excluding ortho intramolecular Hbond substituents is 1. The Balaban J connectivity index is 1.35. The number of carbonyl (C=O) groups is 2. The van der Waals surface area contributed by atoms with E-state index in [1.807, 2.05) is 121 Å². The third-order valence-electron chi connectivity index (χ3n) is 14.0. The SMILES string of the molecule is C/C=C(\C)c1cc(=O)c2c(C)cc3c(OC)c4c([C@H]5C[C@@H](N(C)C)[C@H](OCc6ccccc6)[C@@H](C)O5)cc([C@@H]5C[C@](C)(NC(=O)OCc6ccccc6)[C@H](OC(C)=O)[C@H](C)O5)c(O)c4c(OC)c3c2o1. The van der Waals surface area contributed by atoms with Gasteiger partial charge in [0, 0.05) is 41.8 Å². The minimum absolute atomic E-state index is 0.0108. The van der Waals surface area contributed by atoms with Gasteiger partial charge in [-0.25, -0.2) is 4.79 Å². The van der Waals surface area contributed by atoms with Crippen LogP contribution in [0, 0.1) is 6.92 Å². The lowest BCUT2D eigenvalue weighted by atomic mass is 9.79. The number of amides is 1. The number of nitrogens with one attached hydrogen (secondary N) is 1. The number of allylic oxidation sites excluding steroid dienone is 2. The Labute approximate surface area is 408 Å². The number of nitrogens with zero attached hydrogens (tertiary/aromatic N) is 1. The largest absolute Gasteiger partial charge is 0.507 e. The maximum atomic E-state index is 14.0. The quantitative estimate of drug-likeness (QED) is 0.0639. The number of ether oxygens (including phenoxy) is 7. The van der Waals surface area contributed by atoms with E-state index < -0.39 is 48.1 Å². The molecule has 2 fully saturated rings. The lowest BCUT2D eigenvalue weighted by molar-refractivity contribution is -0.186. The number of hydrogen-bond donors (Lipinski definition) is 2. The first kappa shape index (κ1) is 50.0. The topological polar surface area (TPSA) is 164 Å². The van der Waals surface area contributed by atoms with E-state index >= 15 is 0 Å². The summed E-state index contributed by atoms with van der Waals surface area (Å²) >= 11 is 0. The van der Waals surface area contributed by atoms with E-state index in [9.17, 15) is 19.5 Å². The second-order valence-electron chi connectivity index (χ2n) is 19.0. The second-order valence-corrected chi connectivity index (χ2v) is 19.0. The van der Waals surface area contributed by atoms with Crippen molar-refractivity contribution in [3.8, 4) is 17.2 Å². The van der Waals surface area contributed by atoms with Gasteiger partial charge in [-0.05, 0) is 102 Å². The average Bonchev–Trinajstić information content (AvgIpc) is 3.33. The van der Waals surface area contributed by atoms with Gasteiger partial charge in [0.1, 0.15) is 29.6 Å². The molecule has 2 N–H and O–H groups in total. The van der Waals surface area contributed by atoms with Gasteiger partial charge in [0.2, 0.25) is 0 Å². The van der Waals surface area contributed by atoms with Gasteiger partial charge >= 0.3 is 12.1 Å². The molecule has 370 valence electrons. The third-order valence-corrected chi connectivity index (χ3v) is 14.0. The van der Waals surface area contributed by atoms with Crippen molar-refractivity contribution in [2.75, 3.05) is 28.3 Å². The van der Waals surface area contributed by atoms with Crippen LogP contribution in [-0.4, -0.2) is 86.4 Å². The van der Waals surface area contributed by atoms with Crippen LogP contribution in [0.2, 0.25) is 0 Å². The van der Waals surface area contributed by atoms with E-state index in [0.29, 0.717) is 62.8 Å². The Bertz CT molecular complexity index is 3010. The summed E-state index contributed by atoms with van der Waals surface area (Å²) in [5, 5.41) is 18.3. The van der Waals surface area contributed by atoms with E-state index in [1.54, 1.807) is 21.0 Å². The molecule has 8 rings (SSSR count). The molecule has 8 atom stereocenters. The molecule has 1 amide bonds. The summed E-state index contributed by atoms with van der Waals surface area (Å²) in [4.78, 5) is 42.5. The standard InChI is InChI=1S/C56H64N2O12/c1-12-30(2)42-26-41(60)45-31(3)23-39-47(53(45)70-42)52(64-11)48-46(51(39)63-10)37(43-25-40(58(8)9)50(32(4)67-43)65-28-35-19-15-13-16-20-35)24-38(49(48)61)44-27-56(7,54(33(5)68-44)69-34(6)59)57-55(62)66-29-36-21-17-14-18-22-36/h12-24,26,32-33,40,43-44,50,54,61H,25,27-29H2,1-11H3,(H,57,62)/b30-12+/t32-,33+,40-,43-,44+,50-,54-,56+/m1/s1. The number of phenols is 1. The summed E-state index contributed by atoms with van der Waals surface area (Å²) in [6.45, 7) is 12.8. The van der Waals surface area contributed by atoms with E-state index in [-0.39, 0.29) is 53.1 Å². The molecule has 14 heteroatoms. The lowest BCUT2D eigenvalue weighted by Crippen LogP contribution is -2.63. The Morgan fingerprint density at radius 3 is 2.10 bits per heavy atom. The van der Waals surface area contributed by atoms with Gasteiger partial charge < -0.3 is 52.9 Å². The van der Waals surface area contributed by atoms with Crippen LogP contribution in [0.15, 0.2) is 94.2 Å². The molecule has 1 aromatic heterocycles. The molecule has 0 unspecified atom stereocenters. The van der Waals surface area contributed by atoms with Gasteiger partial charge in [-0.2, -0.15) is 0 Å². The molecular formula is C56H64N2O12. The van der Waals surface area contributed by atoms with Crippen molar-refractivity contribution in [3.63, 3.8) is 0 Å². The molecular weight excluding hydrogens is 893 g/mol. The zero-order valence-electron chi connectivity index (χ0n) is 41.8. The zero-order chi connectivity index (χ0) is 50.2. The van der Waals surface area contributed by atoms with Crippen molar-refractivity contribution >= 4 is 50.1 Å². The highest BCUT2D eigenvalue weighted by Gasteiger charge is 2.50. The van der Waals surface area contributed by atoms with Crippen molar-refractivity contribution in [3.05, 3.63) is 129 Å². The van der Waals surface area contributed by atoms with E-state index in [2.05, 4.69) is 10.2 Å². The lowest BCUT2D eigenvalue weighted by Gasteiger charge is -2.47. The number of likely N-dealkylation sites (N-methyl/N-ethyl adjacent to an activating group) is 1. The number of fused-ring (bicyclic) bond motifs is 4. The highest BCUT2D eigenvalue weighted by atomic mass is 16.6. The minimum Gasteiger partial charge on any atom is -0.507 e. The number of aromatic hydroxyl groups is 1. The van der Waals surface area contributed by atoms with Crippen LogP contribution in [0.4, 0.5) is 4.79 Å². The normalized spacial score (nSPS) is 23.9. The monoisotopic (exact) mass is 956 g/mol. The summed E-state index contributed by atoms with van der Waals surface area (Å²) < 4.78 is 51.6. The predicted molar refractivity (Wildman–Crippen MR) is 268 cm³/mol. The summed E-state index contributed by atoms with van der Waals surface area (Å²) in [7, 11) is 7.13. The number of carbonyl (C=O) groups excluding carboxylic acids is 2. The first-order chi connectivity index (χ1) is 33.5. The summed E-state index contributed by atoms with van der Waals surface area (Å²) in [5.41, 5.74) is 3.05. The minimum atomic E-state index is -1.28. The van der Waals surface area contributed by atoms with Crippen molar-refractivity contribution in [2.24, 2.45) is 0 Å². The summed E-state index contributed by atoms with van der Waals surface area (Å²) in [6.07, 6.45) is -2.34. The molecule has 0 radical (unpaired) electrons. The van der Waals surface area contributed by atoms with Crippen molar-refractivity contribution in [1.29, 1.82) is 0 Å². The maximum Gasteiger partial charge on any atom is 0.408 e. The molecule has 2 saturated heterocycles. The van der Waals surface area contributed by atoms with Gasteiger partial charge in [-0.1, -0.05) is 66.7 Å². The number of aryl methyl sites for hydroxylation is 1. The number of esters is 1. The van der Waals surface area contributed by atoms with Crippen molar-refractivity contribution < 1.29 is 52.3 Å². The molecule has 5 aromatic carbocycles. The summed E-state index contributed by atoms with van der Waals surface area (Å²) in [6, 6.07) is 24.5. The first-order valence-electron chi connectivity index (χ1n) is 23.7. The molecule has 6 aromatic rings. The molecule has 3 heterocycles. The number of rotatable bonds is 13. The maximum absolute atomic E-state index is 14.0. The molecule has 14 nitrogen and oxygen atoms in total. The first-order valence-corrected chi connectivity index (χ1v) is 23.7. The van der Waals surface area contributed by atoms with Crippen LogP contribution in [-0.2, 0) is 41.7 Å². The van der Waals surface area contributed by atoms with Crippen LogP contribution in [0.25, 0.3) is 38.1 Å². The number of benzene rings is 5. The highest BCUT2D eigenvalue weighted by molar-refractivity contribution is 6.21. The van der Waals surface area contributed by atoms with Gasteiger partial charge in [0.25, 0.3) is 0 Å². The Hall–Kier alpha value is -6.45. The fourth-order valence-electron chi connectivity index (χ4n) is 10.5. The zero-order valence-corrected chi connectivity index (χ0v) is 41.8. The fraction of sp³-hybridized carbons (Fsp3) is 0.411. The van der Waals surface area contributed by atoms with E-state index in [0.717, 1.165) is 16.7 Å². The number of methoxy groups -OCH3 is 2. The van der Waals surface area contributed by atoms with Crippen LogP contribution < -0.4 is 20.2 Å². The number of hydrogen-bond acceptors (Lipinski definition) is 13.